The van der Waals surface area contributed by atoms with Gasteiger partial charge in [-0.15, -0.1) is 11.3 Å². The highest BCUT2D eigenvalue weighted by atomic mass is 32.1. The van der Waals surface area contributed by atoms with E-state index < -0.39 is 12.0 Å². The van der Waals surface area contributed by atoms with Crippen LogP contribution >= 0.6 is 11.3 Å². The van der Waals surface area contributed by atoms with Crippen molar-refractivity contribution in [3.05, 3.63) is 28.0 Å². The quantitative estimate of drug-likeness (QED) is 0.907. The highest BCUT2D eigenvalue weighted by Gasteiger charge is 2.35. The van der Waals surface area contributed by atoms with Crippen molar-refractivity contribution in [2.24, 2.45) is 0 Å². The van der Waals surface area contributed by atoms with Gasteiger partial charge < -0.3 is 11.1 Å². The summed E-state index contributed by atoms with van der Waals surface area (Å²) in [4.78, 5) is 10.7. The molecule has 102 valence electrons. The fourth-order valence-corrected chi connectivity index (χ4v) is 1.97. The van der Waals surface area contributed by atoms with Gasteiger partial charge in [0.05, 0.1) is 17.2 Å². The third kappa shape index (κ3) is 3.53. The largest absolute Gasteiger partial charge is 0.451 e. The Balaban J connectivity index is 2.14. The van der Waals surface area contributed by atoms with Crippen LogP contribution in [-0.4, -0.2) is 15.0 Å². The van der Waals surface area contributed by atoms with Gasteiger partial charge in [-0.05, 0) is 6.92 Å². The van der Waals surface area contributed by atoms with E-state index in [1.807, 2.05) is 12.3 Å². The molecule has 0 spiro atoms. The minimum Gasteiger partial charge on any atom is -0.384 e. The van der Waals surface area contributed by atoms with E-state index in [1.165, 1.54) is 17.4 Å². The molecule has 0 fully saturated rings. The Hall–Kier alpha value is -1.90. The maximum absolute atomic E-state index is 12.5. The minimum absolute atomic E-state index is 0.0190. The van der Waals surface area contributed by atoms with E-state index in [-0.39, 0.29) is 18.2 Å². The molecular weight excluding hydrogens is 279 g/mol. The van der Waals surface area contributed by atoms with Crippen molar-refractivity contribution >= 4 is 23.0 Å². The molecule has 2 aromatic rings. The van der Waals surface area contributed by atoms with E-state index in [0.29, 0.717) is 0 Å². The number of thiazole rings is 1. The van der Waals surface area contributed by atoms with Crippen LogP contribution in [0, 0.1) is 6.92 Å². The highest BCUT2D eigenvalue weighted by Crippen LogP contribution is 2.27. The number of hydrogen-bond acceptors (Lipinski definition) is 6. The van der Waals surface area contributed by atoms with E-state index in [2.05, 4.69) is 20.3 Å². The first-order valence-electron chi connectivity index (χ1n) is 5.21. The number of halogens is 3. The summed E-state index contributed by atoms with van der Waals surface area (Å²) in [7, 11) is 0. The SMILES string of the molecule is Cc1nc(CNc2cc(N)nc(C(F)(F)F)n2)cs1. The van der Waals surface area contributed by atoms with Crippen LogP contribution in [0.1, 0.15) is 16.5 Å². The maximum atomic E-state index is 12.5. The lowest BCUT2D eigenvalue weighted by Crippen LogP contribution is -2.14. The topological polar surface area (TPSA) is 76.7 Å². The van der Waals surface area contributed by atoms with Crippen molar-refractivity contribution in [3.63, 3.8) is 0 Å². The monoisotopic (exact) mass is 289 g/mol. The van der Waals surface area contributed by atoms with Crippen molar-refractivity contribution < 1.29 is 13.2 Å². The Morgan fingerprint density at radius 3 is 2.63 bits per heavy atom. The first kappa shape index (κ1) is 13.5. The van der Waals surface area contributed by atoms with Crippen LogP contribution in [-0.2, 0) is 12.7 Å². The summed E-state index contributed by atoms with van der Waals surface area (Å²) in [6, 6.07) is 1.24. The number of nitrogens with zero attached hydrogens (tertiary/aromatic N) is 3. The molecule has 3 N–H and O–H groups in total. The first-order valence-corrected chi connectivity index (χ1v) is 6.09. The van der Waals surface area contributed by atoms with Gasteiger partial charge in [0, 0.05) is 11.4 Å². The zero-order valence-corrected chi connectivity index (χ0v) is 10.6. The standard InChI is InChI=1S/C10H10F3N5S/c1-5-16-6(4-19-5)3-15-8-2-7(14)17-9(18-8)10(11,12)13/h2,4H,3H2,1H3,(H3,14,15,17,18). The number of anilines is 2. The van der Waals surface area contributed by atoms with Gasteiger partial charge in [0.1, 0.15) is 11.6 Å². The fraction of sp³-hybridized carbons (Fsp3) is 0.300. The van der Waals surface area contributed by atoms with Gasteiger partial charge in [-0.3, -0.25) is 0 Å². The molecular formula is C10H10F3N5S. The molecule has 0 bridgehead atoms. The molecule has 0 saturated carbocycles. The summed E-state index contributed by atoms with van der Waals surface area (Å²) in [6.45, 7) is 2.12. The number of alkyl halides is 3. The van der Waals surface area contributed by atoms with Gasteiger partial charge in [-0.25, -0.2) is 15.0 Å². The van der Waals surface area contributed by atoms with Gasteiger partial charge >= 0.3 is 6.18 Å². The van der Waals surface area contributed by atoms with Crippen LogP contribution in [0.5, 0.6) is 0 Å². The number of nitrogens with one attached hydrogen (secondary N) is 1. The second-order valence-corrected chi connectivity index (χ2v) is 4.77. The molecule has 0 aliphatic carbocycles. The molecule has 0 radical (unpaired) electrons. The van der Waals surface area contributed by atoms with E-state index in [1.54, 1.807) is 0 Å². The normalized spacial score (nSPS) is 11.6. The Morgan fingerprint density at radius 2 is 2.05 bits per heavy atom. The van der Waals surface area contributed by atoms with Crippen molar-refractivity contribution in [1.29, 1.82) is 0 Å². The molecule has 2 heterocycles. The van der Waals surface area contributed by atoms with Gasteiger partial charge in [0.2, 0.25) is 5.82 Å². The van der Waals surface area contributed by atoms with Gasteiger partial charge in [0.25, 0.3) is 0 Å². The number of aromatic nitrogens is 3. The summed E-state index contributed by atoms with van der Waals surface area (Å²) < 4.78 is 37.5. The lowest BCUT2D eigenvalue weighted by Gasteiger charge is -2.09. The lowest BCUT2D eigenvalue weighted by atomic mass is 10.4. The predicted octanol–water partition coefficient (Wildman–Crippen LogP) is 2.45. The summed E-state index contributed by atoms with van der Waals surface area (Å²) >= 11 is 1.46. The smallest absolute Gasteiger partial charge is 0.384 e. The number of rotatable bonds is 3. The van der Waals surface area contributed by atoms with Crippen LogP contribution in [0.4, 0.5) is 24.8 Å². The number of nitrogen functional groups attached to an aromatic ring is 1. The molecule has 0 amide bonds. The predicted molar refractivity (Wildman–Crippen MR) is 65.6 cm³/mol. The Labute approximate surface area is 110 Å². The van der Waals surface area contributed by atoms with Crippen molar-refractivity contribution in [1.82, 2.24) is 15.0 Å². The van der Waals surface area contributed by atoms with Gasteiger partial charge in [-0.2, -0.15) is 13.2 Å². The fourth-order valence-electron chi connectivity index (χ4n) is 1.35. The van der Waals surface area contributed by atoms with E-state index >= 15 is 0 Å². The zero-order chi connectivity index (χ0) is 14.0. The molecule has 0 aliphatic rings. The maximum Gasteiger partial charge on any atom is 0.451 e. The second-order valence-electron chi connectivity index (χ2n) is 3.71. The van der Waals surface area contributed by atoms with Crippen LogP contribution in [0.15, 0.2) is 11.4 Å². The molecule has 0 unspecified atom stereocenters. The summed E-state index contributed by atoms with van der Waals surface area (Å²) in [5, 5.41) is 5.44. The van der Waals surface area contributed by atoms with E-state index in [0.717, 1.165) is 10.7 Å². The summed E-state index contributed by atoms with van der Waals surface area (Å²) in [6.07, 6.45) is -4.62. The molecule has 2 rings (SSSR count). The Morgan fingerprint density at radius 1 is 1.32 bits per heavy atom. The summed E-state index contributed by atoms with van der Waals surface area (Å²) in [5.41, 5.74) is 6.05. The Bertz CT molecular complexity index is 581. The lowest BCUT2D eigenvalue weighted by molar-refractivity contribution is -0.144. The van der Waals surface area contributed by atoms with Crippen LogP contribution < -0.4 is 11.1 Å². The Kier molecular flexibility index (Phi) is 3.56. The second kappa shape index (κ2) is 5.00. The first-order chi connectivity index (χ1) is 8.84. The van der Waals surface area contributed by atoms with Crippen LogP contribution in [0.2, 0.25) is 0 Å². The van der Waals surface area contributed by atoms with Gasteiger partial charge in [0.15, 0.2) is 0 Å². The van der Waals surface area contributed by atoms with Crippen LogP contribution in [0.3, 0.4) is 0 Å². The number of hydrogen-bond donors (Lipinski definition) is 2. The van der Waals surface area contributed by atoms with Gasteiger partial charge in [-0.1, -0.05) is 0 Å². The highest BCUT2D eigenvalue weighted by molar-refractivity contribution is 7.09. The molecule has 0 saturated heterocycles. The molecule has 9 heteroatoms. The minimum atomic E-state index is -4.62. The van der Waals surface area contributed by atoms with Crippen molar-refractivity contribution in [3.8, 4) is 0 Å². The number of nitrogens with two attached hydrogens (primary N) is 1. The molecule has 2 aromatic heterocycles. The third-order valence-corrected chi connectivity index (χ3v) is 2.94. The zero-order valence-electron chi connectivity index (χ0n) is 9.82. The summed E-state index contributed by atoms with van der Waals surface area (Å²) in [5.74, 6) is -1.48. The van der Waals surface area contributed by atoms with Crippen molar-refractivity contribution in [2.75, 3.05) is 11.1 Å². The van der Waals surface area contributed by atoms with Crippen LogP contribution in [0.25, 0.3) is 0 Å². The van der Waals surface area contributed by atoms with E-state index in [4.69, 9.17) is 5.73 Å². The van der Waals surface area contributed by atoms with Crippen molar-refractivity contribution in [2.45, 2.75) is 19.6 Å². The molecule has 0 aromatic carbocycles. The number of aryl methyl sites for hydroxylation is 1. The molecule has 5 nitrogen and oxygen atoms in total. The molecule has 0 atom stereocenters. The average molecular weight is 289 g/mol. The third-order valence-electron chi connectivity index (χ3n) is 2.12. The average Bonchev–Trinajstić information content (AvgIpc) is 2.71. The molecule has 19 heavy (non-hydrogen) atoms. The van der Waals surface area contributed by atoms with E-state index in [9.17, 15) is 13.2 Å². The molecule has 0 aliphatic heterocycles.